The van der Waals surface area contributed by atoms with E-state index in [2.05, 4.69) is 0 Å². The number of aliphatic hydroxyl groups is 1. The van der Waals surface area contributed by atoms with Crippen LogP contribution in [0.1, 0.15) is 29.6 Å². The Bertz CT molecular complexity index is 461. The smallest absolute Gasteiger partial charge is 0.170 e. The average Bonchev–Trinajstić information content (AvgIpc) is 2.49. The number of nitrogens with two attached hydrogens (primary N) is 1. The van der Waals surface area contributed by atoms with E-state index in [9.17, 15) is 9.59 Å². The Hall–Kier alpha value is -1.92. The number of hydrogen-bond acceptors (Lipinski definition) is 6. The number of aldehydes is 1. The first-order chi connectivity index (χ1) is 10.2. The van der Waals surface area contributed by atoms with Crippen LogP contribution in [-0.4, -0.2) is 43.6 Å². The van der Waals surface area contributed by atoms with Crippen LogP contribution in [0.4, 0.5) is 5.69 Å². The summed E-state index contributed by atoms with van der Waals surface area (Å²) in [6, 6.07) is 4.69. The molecule has 0 amide bonds. The molecule has 0 aliphatic heterocycles. The first-order valence-corrected chi connectivity index (χ1v) is 6.85. The summed E-state index contributed by atoms with van der Waals surface area (Å²) in [6.07, 6.45) is 2.58. The van der Waals surface area contributed by atoms with Crippen LogP contribution in [0.5, 0.6) is 5.75 Å². The number of carbonyl (C=O) groups excluding carboxylic acids is 2. The second-order valence-corrected chi connectivity index (χ2v) is 4.53. The van der Waals surface area contributed by atoms with Crippen LogP contribution < -0.4 is 10.5 Å². The van der Waals surface area contributed by atoms with Gasteiger partial charge in [0.1, 0.15) is 12.4 Å². The minimum Gasteiger partial charge on any atom is -0.486 e. The number of nitrogen functional groups attached to an aromatic ring is 1. The molecule has 116 valence electrons. The fourth-order valence-corrected chi connectivity index (χ4v) is 1.68. The zero-order chi connectivity index (χ0) is 15.5. The zero-order valence-electron chi connectivity index (χ0n) is 11.9. The fourth-order valence-electron chi connectivity index (χ4n) is 1.68. The van der Waals surface area contributed by atoms with Gasteiger partial charge in [-0.3, -0.25) is 9.59 Å². The zero-order valence-corrected chi connectivity index (χ0v) is 11.9. The lowest BCUT2D eigenvalue weighted by Gasteiger charge is -2.07. The Morgan fingerprint density at radius 1 is 1.29 bits per heavy atom. The van der Waals surface area contributed by atoms with Gasteiger partial charge in [0, 0.05) is 30.3 Å². The molecule has 0 unspecified atom stereocenters. The molecule has 6 nitrogen and oxygen atoms in total. The quantitative estimate of drug-likeness (QED) is 0.362. The number of anilines is 1. The Labute approximate surface area is 123 Å². The Kier molecular flexibility index (Phi) is 8.08. The molecular weight excluding hydrogens is 274 g/mol. The summed E-state index contributed by atoms with van der Waals surface area (Å²) in [5.41, 5.74) is 6.38. The number of unbranched alkanes of at least 4 members (excludes halogenated alkanes) is 1. The molecule has 0 spiro atoms. The third-order valence-electron chi connectivity index (χ3n) is 2.81. The minimum atomic E-state index is -0.0165. The minimum absolute atomic E-state index is 0.00445. The van der Waals surface area contributed by atoms with E-state index in [1.807, 2.05) is 0 Å². The number of rotatable bonds is 11. The number of ether oxygens (including phenoxy) is 2. The van der Waals surface area contributed by atoms with Gasteiger partial charge in [0.25, 0.3) is 0 Å². The van der Waals surface area contributed by atoms with E-state index < -0.39 is 0 Å². The second-order valence-electron chi connectivity index (χ2n) is 4.53. The molecule has 0 saturated carbocycles. The van der Waals surface area contributed by atoms with E-state index in [1.165, 1.54) is 6.07 Å². The Balaban J connectivity index is 2.21. The Morgan fingerprint density at radius 3 is 2.76 bits per heavy atom. The third kappa shape index (κ3) is 6.87. The number of benzene rings is 1. The van der Waals surface area contributed by atoms with Gasteiger partial charge in [-0.05, 0) is 25.0 Å². The van der Waals surface area contributed by atoms with Gasteiger partial charge >= 0.3 is 0 Å². The summed E-state index contributed by atoms with van der Waals surface area (Å²) < 4.78 is 10.4. The van der Waals surface area contributed by atoms with Crippen molar-refractivity contribution in [2.45, 2.75) is 19.3 Å². The van der Waals surface area contributed by atoms with Crippen molar-refractivity contribution >= 4 is 17.8 Å². The van der Waals surface area contributed by atoms with Crippen molar-refractivity contribution in [3.05, 3.63) is 23.8 Å². The summed E-state index contributed by atoms with van der Waals surface area (Å²) in [4.78, 5) is 22.2. The molecule has 0 aliphatic carbocycles. The van der Waals surface area contributed by atoms with Crippen LogP contribution in [0.15, 0.2) is 18.2 Å². The van der Waals surface area contributed by atoms with Crippen molar-refractivity contribution in [2.75, 3.05) is 32.2 Å². The van der Waals surface area contributed by atoms with E-state index in [1.54, 1.807) is 12.1 Å². The summed E-state index contributed by atoms with van der Waals surface area (Å²) in [6.45, 7) is 0.865. The molecule has 0 bridgehead atoms. The van der Waals surface area contributed by atoms with E-state index >= 15 is 0 Å². The number of ketones is 1. The number of carbonyl (C=O) groups is 2. The van der Waals surface area contributed by atoms with E-state index in [-0.39, 0.29) is 19.0 Å². The highest BCUT2D eigenvalue weighted by Gasteiger charge is 2.05. The summed E-state index contributed by atoms with van der Waals surface area (Å²) in [7, 11) is 0. The van der Waals surface area contributed by atoms with Crippen LogP contribution in [0.2, 0.25) is 0 Å². The Morgan fingerprint density at radius 2 is 2.10 bits per heavy atom. The van der Waals surface area contributed by atoms with E-state index in [4.69, 9.17) is 20.3 Å². The SMILES string of the molecule is Nc1cc(OCC(=O)CCCCOCCO)ccc1C=O. The molecule has 0 radical (unpaired) electrons. The molecule has 0 aliphatic rings. The van der Waals surface area contributed by atoms with Gasteiger partial charge < -0.3 is 20.3 Å². The van der Waals surface area contributed by atoms with Gasteiger partial charge in [0.15, 0.2) is 12.1 Å². The molecule has 21 heavy (non-hydrogen) atoms. The fraction of sp³-hybridized carbons (Fsp3) is 0.467. The van der Waals surface area contributed by atoms with Crippen molar-refractivity contribution in [2.24, 2.45) is 0 Å². The highest BCUT2D eigenvalue weighted by molar-refractivity contribution is 5.84. The molecule has 1 aromatic carbocycles. The molecule has 0 fully saturated rings. The monoisotopic (exact) mass is 295 g/mol. The van der Waals surface area contributed by atoms with Crippen LogP contribution in [-0.2, 0) is 9.53 Å². The summed E-state index contributed by atoms with van der Waals surface area (Å²) in [5, 5.41) is 8.52. The van der Waals surface area contributed by atoms with Gasteiger partial charge in [-0.15, -0.1) is 0 Å². The van der Waals surface area contributed by atoms with Crippen LogP contribution >= 0.6 is 0 Å². The molecule has 6 heteroatoms. The molecule has 3 N–H and O–H groups in total. The van der Waals surface area contributed by atoms with Crippen molar-refractivity contribution in [1.29, 1.82) is 0 Å². The molecule has 0 heterocycles. The number of aliphatic hydroxyl groups excluding tert-OH is 1. The first kappa shape index (κ1) is 17.1. The number of hydrogen-bond donors (Lipinski definition) is 2. The molecular formula is C15H21NO5. The summed E-state index contributed by atoms with van der Waals surface area (Å²) >= 11 is 0. The van der Waals surface area contributed by atoms with Gasteiger partial charge in [-0.25, -0.2) is 0 Å². The predicted molar refractivity (Wildman–Crippen MR) is 78.5 cm³/mol. The maximum Gasteiger partial charge on any atom is 0.170 e. The summed E-state index contributed by atoms with van der Waals surface area (Å²) in [5.74, 6) is 0.466. The molecule has 0 atom stereocenters. The highest BCUT2D eigenvalue weighted by atomic mass is 16.5. The third-order valence-corrected chi connectivity index (χ3v) is 2.81. The first-order valence-electron chi connectivity index (χ1n) is 6.85. The van der Waals surface area contributed by atoms with Gasteiger partial charge in [-0.1, -0.05) is 0 Å². The maximum absolute atomic E-state index is 11.6. The van der Waals surface area contributed by atoms with Crippen molar-refractivity contribution in [3.8, 4) is 5.75 Å². The van der Waals surface area contributed by atoms with Crippen LogP contribution in [0.25, 0.3) is 0 Å². The molecule has 0 aromatic heterocycles. The highest BCUT2D eigenvalue weighted by Crippen LogP contribution is 2.18. The lowest BCUT2D eigenvalue weighted by molar-refractivity contribution is -0.121. The number of Topliss-reactive ketones (excluding diaryl/α,β-unsaturated/α-hetero) is 1. The molecule has 0 saturated heterocycles. The lowest BCUT2D eigenvalue weighted by atomic mass is 10.2. The lowest BCUT2D eigenvalue weighted by Crippen LogP contribution is -2.11. The van der Waals surface area contributed by atoms with Gasteiger partial charge in [-0.2, -0.15) is 0 Å². The van der Waals surface area contributed by atoms with Crippen LogP contribution in [0, 0.1) is 0 Å². The van der Waals surface area contributed by atoms with Gasteiger partial charge in [0.2, 0.25) is 0 Å². The second kappa shape index (κ2) is 9.90. The van der Waals surface area contributed by atoms with Gasteiger partial charge in [0.05, 0.1) is 13.2 Å². The van der Waals surface area contributed by atoms with Crippen LogP contribution in [0.3, 0.4) is 0 Å². The van der Waals surface area contributed by atoms with Crippen molar-refractivity contribution in [1.82, 2.24) is 0 Å². The normalized spacial score (nSPS) is 10.3. The van der Waals surface area contributed by atoms with Crippen molar-refractivity contribution in [3.63, 3.8) is 0 Å². The predicted octanol–water partition coefficient (Wildman–Crippen LogP) is 1.21. The topological polar surface area (TPSA) is 98.8 Å². The average molecular weight is 295 g/mol. The van der Waals surface area contributed by atoms with Crippen molar-refractivity contribution < 1.29 is 24.2 Å². The standard InChI is InChI=1S/C15H21NO5/c16-15-9-14(5-4-12(15)10-18)21-11-13(19)3-1-2-7-20-8-6-17/h4-5,9-10,17H,1-3,6-8,11,16H2. The molecule has 1 aromatic rings. The largest absolute Gasteiger partial charge is 0.486 e. The van der Waals surface area contributed by atoms with E-state index in [0.717, 1.165) is 12.8 Å². The molecule has 1 rings (SSSR count). The van der Waals surface area contributed by atoms with E-state index in [0.29, 0.717) is 42.9 Å². The maximum atomic E-state index is 11.6.